The van der Waals surface area contributed by atoms with Crippen LogP contribution in [0.5, 0.6) is 0 Å². The van der Waals surface area contributed by atoms with Gasteiger partial charge in [-0.05, 0) is 18.2 Å². The molecule has 1 unspecified atom stereocenters. The van der Waals surface area contributed by atoms with Crippen LogP contribution in [0.15, 0.2) is 29.3 Å². The Balaban J connectivity index is 1.88. The molecule has 0 aromatic heterocycles. The highest BCUT2D eigenvalue weighted by Crippen LogP contribution is 2.15. The maximum absolute atomic E-state index is 5.85. The predicted octanol–water partition coefficient (Wildman–Crippen LogP) is 1.47. The van der Waals surface area contributed by atoms with Crippen molar-refractivity contribution in [2.24, 2.45) is 10.7 Å². The van der Waals surface area contributed by atoms with Crippen LogP contribution in [-0.4, -0.2) is 25.2 Å². The van der Waals surface area contributed by atoms with E-state index in [1.54, 1.807) is 0 Å². The quantitative estimate of drug-likeness (QED) is 0.819. The highest BCUT2D eigenvalue weighted by molar-refractivity contribution is 6.30. The number of rotatable bonds is 3. The maximum atomic E-state index is 5.85. The predicted molar refractivity (Wildman–Crippen MR) is 61.3 cm³/mol. The second-order valence-electron chi connectivity index (χ2n) is 3.32. The smallest absolute Gasteiger partial charge is 0.282 e. The Bertz CT molecular complexity index is 381. The summed E-state index contributed by atoms with van der Waals surface area (Å²) < 4.78 is 5.04. The molecule has 1 aromatic rings. The minimum atomic E-state index is 0.0870. The SMILES string of the molecule is NC1=NC(CNc2cccc(Cl)c2)CO1. The molecule has 0 amide bonds. The van der Waals surface area contributed by atoms with Gasteiger partial charge in [0.15, 0.2) is 0 Å². The van der Waals surface area contributed by atoms with E-state index >= 15 is 0 Å². The number of amidine groups is 1. The second kappa shape index (κ2) is 4.40. The molecular weight excluding hydrogens is 214 g/mol. The first-order chi connectivity index (χ1) is 7.24. The van der Waals surface area contributed by atoms with E-state index in [0.29, 0.717) is 18.2 Å². The number of hydrogen-bond acceptors (Lipinski definition) is 4. The van der Waals surface area contributed by atoms with Crippen LogP contribution in [0.4, 0.5) is 5.69 Å². The number of halogens is 1. The minimum Gasteiger partial charge on any atom is -0.463 e. The molecule has 0 fully saturated rings. The summed E-state index contributed by atoms with van der Waals surface area (Å²) in [4.78, 5) is 4.10. The average molecular weight is 226 g/mol. The van der Waals surface area contributed by atoms with Gasteiger partial charge < -0.3 is 15.8 Å². The van der Waals surface area contributed by atoms with E-state index in [9.17, 15) is 0 Å². The van der Waals surface area contributed by atoms with E-state index in [1.165, 1.54) is 0 Å². The Morgan fingerprint density at radius 2 is 2.47 bits per heavy atom. The molecule has 0 aliphatic carbocycles. The monoisotopic (exact) mass is 225 g/mol. The van der Waals surface area contributed by atoms with Gasteiger partial charge in [-0.2, -0.15) is 0 Å². The number of hydrogen-bond donors (Lipinski definition) is 2. The summed E-state index contributed by atoms with van der Waals surface area (Å²) in [6.45, 7) is 1.24. The zero-order valence-electron chi connectivity index (χ0n) is 8.11. The van der Waals surface area contributed by atoms with Crippen LogP contribution >= 0.6 is 11.6 Å². The summed E-state index contributed by atoms with van der Waals surface area (Å²) in [6.07, 6.45) is 0. The first-order valence-corrected chi connectivity index (χ1v) is 5.07. The van der Waals surface area contributed by atoms with E-state index in [2.05, 4.69) is 10.3 Å². The molecule has 3 N–H and O–H groups in total. The molecule has 2 rings (SSSR count). The lowest BCUT2D eigenvalue weighted by Crippen LogP contribution is -2.18. The molecule has 0 bridgehead atoms. The lowest BCUT2D eigenvalue weighted by molar-refractivity contribution is 0.316. The fourth-order valence-corrected chi connectivity index (χ4v) is 1.57. The zero-order valence-corrected chi connectivity index (χ0v) is 8.87. The fraction of sp³-hybridized carbons (Fsp3) is 0.300. The van der Waals surface area contributed by atoms with Gasteiger partial charge in [0.25, 0.3) is 6.02 Å². The molecule has 80 valence electrons. The van der Waals surface area contributed by atoms with Crippen molar-refractivity contribution in [1.82, 2.24) is 0 Å². The van der Waals surface area contributed by atoms with Gasteiger partial charge in [-0.25, -0.2) is 4.99 Å². The molecule has 1 atom stereocenters. The Labute approximate surface area is 93.1 Å². The molecule has 5 heteroatoms. The third-order valence-corrected chi connectivity index (χ3v) is 2.33. The van der Waals surface area contributed by atoms with Crippen molar-refractivity contribution in [3.63, 3.8) is 0 Å². The molecule has 1 aliphatic rings. The van der Waals surface area contributed by atoms with E-state index in [4.69, 9.17) is 22.1 Å². The van der Waals surface area contributed by atoms with Gasteiger partial charge in [0.1, 0.15) is 12.6 Å². The third kappa shape index (κ3) is 2.76. The van der Waals surface area contributed by atoms with Crippen LogP contribution in [0.3, 0.4) is 0 Å². The van der Waals surface area contributed by atoms with Gasteiger partial charge >= 0.3 is 0 Å². The second-order valence-corrected chi connectivity index (χ2v) is 3.76. The van der Waals surface area contributed by atoms with Gasteiger partial charge in [0.05, 0.1) is 0 Å². The lowest BCUT2D eigenvalue weighted by Gasteiger charge is -2.08. The van der Waals surface area contributed by atoms with Crippen LogP contribution in [0.1, 0.15) is 0 Å². The Hall–Kier alpha value is -1.42. The van der Waals surface area contributed by atoms with Crippen molar-refractivity contribution < 1.29 is 4.74 Å². The summed E-state index contributed by atoms with van der Waals surface area (Å²) in [5.41, 5.74) is 6.37. The van der Waals surface area contributed by atoms with Crippen LogP contribution < -0.4 is 11.1 Å². The Morgan fingerprint density at radius 3 is 3.13 bits per heavy atom. The highest BCUT2D eigenvalue weighted by atomic mass is 35.5. The summed E-state index contributed by atoms with van der Waals surface area (Å²) in [5.74, 6) is 0. The number of nitrogens with one attached hydrogen (secondary N) is 1. The number of nitrogens with zero attached hydrogens (tertiary/aromatic N) is 1. The van der Waals surface area contributed by atoms with Crippen LogP contribution in [0.2, 0.25) is 5.02 Å². The first-order valence-electron chi connectivity index (χ1n) is 4.69. The first kappa shape index (κ1) is 10.1. The number of ether oxygens (including phenoxy) is 1. The fourth-order valence-electron chi connectivity index (χ4n) is 1.37. The molecule has 0 radical (unpaired) electrons. The van der Waals surface area contributed by atoms with E-state index in [0.717, 1.165) is 5.69 Å². The number of aliphatic imine (C=N–C) groups is 1. The normalized spacial score (nSPS) is 19.5. The standard InChI is InChI=1S/C10H12ClN3O/c11-7-2-1-3-8(4-7)13-5-9-6-15-10(12)14-9/h1-4,9,13H,5-6H2,(H2,12,14). The molecule has 4 nitrogen and oxygen atoms in total. The number of benzene rings is 1. The molecule has 1 heterocycles. The average Bonchev–Trinajstić information content (AvgIpc) is 2.62. The summed E-state index contributed by atoms with van der Waals surface area (Å²) in [5, 5.41) is 3.93. The highest BCUT2D eigenvalue weighted by Gasteiger charge is 2.15. The van der Waals surface area contributed by atoms with E-state index in [1.807, 2.05) is 24.3 Å². The van der Waals surface area contributed by atoms with Crippen LogP contribution in [-0.2, 0) is 4.74 Å². The van der Waals surface area contributed by atoms with Crippen molar-refractivity contribution in [3.05, 3.63) is 29.3 Å². The van der Waals surface area contributed by atoms with Crippen molar-refractivity contribution in [2.75, 3.05) is 18.5 Å². The molecule has 1 aromatic carbocycles. The molecule has 15 heavy (non-hydrogen) atoms. The Kier molecular flexibility index (Phi) is 2.97. The van der Waals surface area contributed by atoms with E-state index < -0.39 is 0 Å². The van der Waals surface area contributed by atoms with Gasteiger partial charge in [0.2, 0.25) is 0 Å². The van der Waals surface area contributed by atoms with Gasteiger partial charge in [-0.15, -0.1) is 0 Å². The molecular formula is C10H12ClN3O. The van der Waals surface area contributed by atoms with Crippen molar-refractivity contribution in [3.8, 4) is 0 Å². The van der Waals surface area contributed by atoms with Crippen LogP contribution in [0, 0.1) is 0 Å². The maximum Gasteiger partial charge on any atom is 0.282 e. The van der Waals surface area contributed by atoms with Gasteiger partial charge in [0, 0.05) is 17.3 Å². The molecule has 0 saturated heterocycles. The summed E-state index contributed by atoms with van der Waals surface area (Å²) >= 11 is 5.85. The van der Waals surface area contributed by atoms with Crippen molar-refractivity contribution in [1.29, 1.82) is 0 Å². The number of anilines is 1. The van der Waals surface area contributed by atoms with Gasteiger partial charge in [-0.3, -0.25) is 0 Å². The minimum absolute atomic E-state index is 0.0870. The number of nitrogens with two attached hydrogens (primary N) is 1. The van der Waals surface area contributed by atoms with Crippen molar-refractivity contribution >= 4 is 23.3 Å². The molecule has 0 spiro atoms. The lowest BCUT2D eigenvalue weighted by atomic mass is 10.3. The van der Waals surface area contributed by atoms with Crippen molar-refractivity contribution in [2.45, 2.75) is 6.04 Å². The van der Waals surface area contributed by atoms with E-state index in [-0.39, 0.29) is 12.1 Å². The zero-order chi connectivity index (χ0) is 10.7. The topological polar surface area (TPSA) is 59.6 Å². The largest absolute Gasteiger partial charge is 0.463 e. The molecule has 1 aliphatic heterocycles. The third-order valence-electron chi connectivity index (χ3n) is 2.10. The summed E-state index contributed by atoms with van der Waals surface area (Å²) in [7, 11) is 0. The van der Waals surface area contributed by atoms with Crippen LogP contribution in [0.25, 0.3) is 0 Å². The summed E-state index contributed by atoms with van der Waals surface area (Å²) in [6, 6.07) is 7.91. The van der Waals surface area contributed by atoms with Gasteiger partial charge in [-0.1, -0.05) is 17.7 Å². The Morgan fingerprint density at radius 1 is 1.60 bits per heavy atom. The molecule has 0 saturated carbocycles.